The fraction of sp³-hybridized carbons (Fsp3) is 0.318. The Balaban J connectivity index is 2.01. The van der Waals surface area contributed by atoms with Crippen molar-refractivity contribution in [2.24, 2.45) is 5.10 Å². The van der Waals surface area contributed by atoms with Gasteiger partial charge < -0.3 is 5.32 Å². The minimum Gasteiger partial charge on any atom is -0.326 e. The van der Waals surface area contributed by atoms with Gasteiger partial charge in [-0.05, 0) is 54.8 Å². The van der Waals surface area contributed by atoms with E-state index in [-0.39, 0.29) is 10.8 Å². The molecule has 9 heteroatoms. The smallest absolute Gasteiger partial charge is 0.271 e. The fourth-order valence-electron chi connectivity index (χ4n) is 2.86. The van der Waals surface area contributed by atoms with Crippen LogP contribution in [0.25, 0.3) is 0 Å². The molecule has 0 radical (unpaired) electrons. The Kier molecular flexibility index (Phi) is 8.89. The lowest BCUT2D eigenvalue weighted by atomic mass is 10.2. The molecule has 166 valence electrons. The molecule has 0 aliphatic carbocycles. The zero-order chi connectivity index (χ0) is 22.9. The van der Waals surface area contributed by atoms with Crippen LogP contribution in [0.2, 0.25) is 0 Å². The van der Waals surface area contributed by atoms with Crippen molar-refractivity contribution in [3.63, 3.8) is 0 Å². The van der Waals surface area contributed by atoms with Crippen LogP contribution in [0.3, 0.4) is 0 Å². The number of amides is 2. The van der Waals surface area contributed by atoms with Crippen molar-refractivity contribution < 1.29 is 18.0 Å². The highest BCUT2D eigenvalue weighted by Gasteiger charge is 2.23. The number of hydrazone groups is 1. The van der Waals surface area contributed by atoms with Gasteiger partial charge in [-0.15, -0.1) is 0 Å². The van der Waals surface area contributed by atoms with Crippen LogP contribution >= 0.6 is 0 Å². The van der Waals surface area contributed by atoms with E-state index in [1.54, 1.807) is 24.3 Å². The van der Waals surface area contributed by atoms with Gasteiger partial charge in [0, 0.05) is 31.3 Å². The second-order valence-corrected chi connectivity index (χ2v) is 8.87. The molecule has 0 aliphatic heterocycles. The molecule has 0 fully saturated rings. The first-order valence-corrected chi connectivity index (χ1v) is 11.5. The van der Waals surface area contributed by atoms with Gasteiger partial charge in [0.15, 0.2) is 0 Å². The minimum atomic E-state index is -3.59. The van der Waals surface area contributed by atoms with E-state index >= 15 is 0 Å². The lowest BCUT2D eigenvalue weighted by molar-refractivity contribution is -0.114. The number of rotatable bonds is 10. The number of benzene rings is 2. The summed E-state index contributed by atoms with van der Waals surface area (Å²) in [5.74, 6) is -0.607. The molecule has 0 spiro atoms. The van der Waals surface area contributed by atoms with Gasteiger partial charge in [-0.2, -0.15) is 9.41 Å². The van der Waals surface area contributed by atoms with Crippen molar-refractivity contribution in [1.82, 2.24) is 9.73 Å². The molecule has 31 heavy (non-hydrogen) atoms. The molecule has 0 atom stereocenters. The van der Waals surface area contributed by atoms with E-state index < -0.39 is 15.9 Å². The average Bonchev–Trinajstić information content (AvgIpc) is 2.74. The molecular formula is C22H28N4O4S. The number of hydrogen-bond acceptors (Lipinski definition) is 5. The Morgan fingerprint density at radius 3 is 2.06 bits per heavy atom. The van der Waals surface area contributed by atoms with Gasteiger partial charge in [-0.1, -0.05) is 26.0 Å². The Morgan fingerprint density at radius 1 is 0.968 bits per heavy atom. The SMILES string of the molecule is CCCN(CCC)S(=O)(=O)c1ccc(C(=O)NN=Cc2ccc(NC(C)=O)cc2)cc1. The number of hydrogen-bond donors (Lipinski definition) is 2. The summed E-state index contributed by atoms with van der Waals surface area (Å²) in [6.07, 6.45) is 2.93. The van der Waals surface area contributed by atoms with Crippen LogP contribution in [-0.2, 0) is 14.8 Å². The maximum Gasteiger partial charge on any atom is 0.271 e. The molecule has 2 aromatic rings. The second-order valence-electron chi connectivity index (χ2n) is 6.93. The zero-order valence-electron chi connectivity index (χ0n) is 18.0. The van der Waals surface area contributed by atoms with E-state index in [2.05, 4.69) is 15.8 Å². The first-order chi connectivity index (χ1) is 14.8. The Hall–Kier alpha value is -3.04. The standard InChI is InChI=1S/C22H28N4O4S/c1-4-14-26(15-5-2)31(29,30)21-12-8-19(9-13-21)22(28)25-23-16-18-6-10-20(11-7-18)24-17(3)27/h6-13,16H,4-5,14-15H2,1-3H3,(H,24,27)(H,25,28). The van der Waals surface area contributed by atoms with Gasteiger partial charge in [0.25, 0.3) is 5.91 Å². The highest BCUT2D eigenvalue weighted by molar-refractivity contribution is 7.89. The number of sulfonamides is 1. The fourth-order valence-corrected chi connectivity index (χ4v) is 4.49. The third-order valence-electron chi connectivity index (χ3n) is 4.31. The quantitative estimate of drug-likeness (QED) is 0.433. The molecule has 2 N–H and O–H groups in total. The van der Waals surface area contributed by atoms with E-state index in [9.17, 15) is 18.0 Å². The molecule has 2 rings (SSSR count). The number of nitrogens with zero attached hydrogens (tertiary/aromatic N) is 2. The van der Waals surface area contributed by atoms with Gasteiger partial charge in [0.2, 0.25) is 15.9 Å². The second kappa shape index (κ2) is 11.4. The lowest BCUT2D eigenvalue weighted by Gasteiger charge is -2.21. The summed E-state index contributed by atoms with van der Waals surface area (Å²) in [6, 6.07) is 12.8. The molecule has 0 unspecified atom stereocenters. The molecule has 8 nitrogen and oxygen atoms in total. The minimum absolute atomic E-state index is 0.157. The van der Waals surface area contributed by atoms with Gasteiger partial charge in [0.05, 0.1) is 11.1 Å². The lowest BCUT2D eigenvalue weighted by Crippen LogP contribution is -2.32. The molecule has 0 saturated heterocycles. The van der Waals surface area contributed by atoms with E-state index in [0.29, 0.717) is 24.3 Å². The third-order valence-corrected chi connectivity index (χ3v) is 6.22. The van der Waals surface area contributed by atoms with Crippen molar-refractivity contribution in [3.8, 4) is 0 Å². The maximum atomic E-state index is 12.8. The summed E-state index contributed by atoms with van der Waals surface area (Å²) in [7, 11) is -3.59. The number of nitrogens with one attached hydrogen (secondary N) is 2. The molecule has 2 amide bonds. The largest absolute Gasteiger partial charge is 0.326 e. The molecule has 2 aromatic carbocycles. The molecule has 0 aliphatic rings. The van der Waals surface area contributed by atoms with Crippen LogP contribution in [0.1, 0.15) is 49.5 Å². The van der Waals surface area contributed by atoms with Crippen molar-refractivity contribution in [1.29, 1.82) is 0 Å². The predicted octanol–water partition coefficient (Wildman–Crippen LogP) is 3.22. The van der Waals surface area contributed by atoms with Gasteiger partial charge in [0.1, 0.15) is 0 Å². The first kappa shape index (κ1) is 24.2. The van der Waals surface area contributed by atoms with Gasteiger partial charge >= 0.3 is 0 Å². The highest BCUT2D eigenvalue weighted by Crippen LogP contribution is 2.17. The third kappa shape index (κ3) is 7.01. The number of carbonyl (C=O) groups is 2. The number of carbonyl (C=O) groups excluding carboxylic acids is 2. The van der Waals surface area contributed by atoms with Crippen LogP contribution in [0, 0.1) is 0 Å². The summed E-state index contributed by atoms with van der Waals surface area (Å²) < 4.78 is 27.0. The van der Waals surface area contributed by atoms with Crippen molar-refractivity contribution in [2.75, 3.05) is 18.4 Å². The predicted molar refractivity (Wildman–Crippen MR) is 122 cm³/mol. The van der Waals surface area contributed by atoms with Crippen molar-refractivity contribution >= 4 is 33.7 Å². The molecule has 0 aromatic heterocycles. The molecule has 0 saturated carbocycles. The Labute approximate surface area is 183 Å². The van der Waals surface area contributed by atoms with Crippen LogP contribution in [0.4, 0.5) is 5.69 Å². The van der Waals surface area contributed by atoms with Crippen molar-refractivity contribution in [3.05, 3.63) is 59.7 Å². The summed E-state index contributed by atoms with van der Waals surface area (Å²) in [5.41, 5.74) is 4.12. The maximum absolute atomic E-state index is 12.8. The monoisotopic (exact) mass is 444 g/mol. The van der Waals surface area contributed by atoms with Gasteiger partial charge in [-0.25, -0.2) is 13.8 Å². The van der Waals surface area contributed by atoms with Crippen LogP contribution < -0.4 is 10.7 Å². The van der Waals surface area contributed by atoms with E-state index in [4.69, 9.17) is 0 Å². The average molecular weight is 445 g/mol. The first-order valence-electron chi connectivity index (χ1n) is 10.1. The normalized spacial score (nSPS) is 11.6. The molecule has 0 heterocycles. The van der Waals surface area contributed by atoms with E-state index in [1.807, 2.05) is 13.8 Å². The highest BCUT2D eigenvalue weighted by atomic mass is 32.2. The van der Waals surface area contributed by atoms with Crippen LogP contribution in [-0.4, -0.2) is 43.8 Å². The zero-order valence-corrected chi connectivity index (χ0v) is 18.8. The van der Waals surface area contributed by atoms with Crippen LogP contribution in [0.5, 0.6) is 0 Å². The topological polar surface area (TPSA) is 108 Å². The summed E-state index contributed by atoms with van der Waals surface area (Å²) in [6.45, 7) is 6.21. The summed E-state index contributed by atoms with van der Waals surface area (Å²) >= 11 is 0. The number of anilines is 1. The molecule has 0 bridgehead atoms. The van der Waals surface area contributed by atoms with E-state index in [0.717, 1.165) is 18.4 Å². The summed E-state index contributed by atoms with van der Waals surface area (Å²) in [5, 5.41) is 6.58. The summed E-state index contributed by atoms with van der Waals surface area (Å²) in [4.78, 5) is 23.5. The van der Waals surface area contributed by atoms with Crippen molar-refractivity contribution in [2.45, 2.75) is 38.5 Å². The Morgan fingerprint density at radius 2 is 1.55 bits per heavy atom. The van der Waals surface area contributed by atoms with Gasteiger partial charge in [-0.3, -0.25) is 9.59 Å². The molecular weight excluding hydrogens is 416 g/mol. The van der Waals surface area contributed by atoms with E-state index in [1.165, 1.54) is 41.7 Å². The van der Waals surface area contributed by atoms with Crippen LogP contribution in [0.15, 0.2) is 58.5 Å². The Bertz CT molecular complexity index is 1010.